The SMILES string of the molecule is CC(C)(C)c1cc(-n2c(-c3cc(C(C)(C)C)cc(C(C)(C)C)c3O)nc3c(-c4cccc(-c5cc(-c6cccc(-c7cccc8c7nc(-c7cc(C(C)(C)C)cc(C(C)(C)C)c7O)n8-c7cc(C(C)(C)C)cc(C(C)(C)C)c7)c6)ncn5)c4)cccc32)cc(C(C)(C)C)c1. The molecule has 486 valence electrons. The first-order chi connectivity index (χ1) is 43.5. The van der Waals surface area contributed by atoms with Crippen LogP contribution in [0.4, 0.5) is 0 Å². The summed E-state index contributed by atoms with van der Waals surface area (Å²) < 4.78 is 4.56. The molecule has 0 saturated heterocycles. The van der Waals surface area contributed by atoms with Crippen LogP contribution in [0.2, 0.25) is 0 Å². The van der Waals surface area contributed by atoms with Crippen LogP contribution < -0.4 is 0 Å². The first-order valence-corrected chi connectivity index (χ1v) is 33.6. The van der Waals surface area contributed by atoms with Crippen LogP contribution in [0, 0.1) is 0 Å². The Morgan fingerprint density at radius 2 is 0.585 bits per heavy atom. The molecule has 8 heteroatoms. The van der Waals surface area contributed by atoms with Gasteiger partial charge in [-0.1, -0.05) is 251 Å². The highest BCUT2D eigenvalue weighted by Crippen LogP contribution is 2.48. The number of nitrogens with zero attached hydrogens (tertiary/aromatic N) is 6. The molecule has 11 rings (SSSR count). The maximum atomic E-state index is 12.6. The van der Waals surface area contributed by atoms with Crippen molar-refractivity contribution in [1.82, 2.24) is 29.1 Å². The van der Waals surface area contributed by atoms with Gasteiger partial charge in [0, 0.05) is 44.8 Å². The van der Waals surface area contributed by atoms with Crippen LogP contribution in [0.5, 0.6) is 11.5 Å². The number of hydrogen-bond donors (Lipinski definition) is 2. The monoisotopic (exact) mass is 1250 g/mol. The van der Waals surface area contributed by atoms with Crippen molar-refractivity contribution in [2.75, 3.05) is 0 Å². The largest absolute Gasteiger partial charge is 0.507 e. The van der Waals surface area contributed by atoms with Crippen LogP contribution in [0.25, 0.3) is 101 Å². The predicted octanol–water partition coefficient (Wildman–Crippen LogP) is 22.9. The minimum absolute atomic E-state index is 0.139. The predicted molar refractivity (Wildman–Crippen MR) is 397 cm³/mol. The lowest BCUT2D eigenvalue weighted by molar-refractivity contribution is 0.445. The first-order valence-electron chi connectivity index (χ1n) is 33.6. The van der Waals surface area contributed by atoms with E-state index >= 15 is 0 Å². The van der Waals surface area contributed by atoms with E-state index in [0.717, 1.165) is 100 Å². The van der Waals surface area contributed by atoms with E-state index in [2.05, 4.69) is 327 Å². The molecular weight excluding hydrogens is 1150 g/mol. The van der Waals surface area contributed by atoms with Crippen molar-refractivity contribution >= 4 is 22.1 Å². The Balaban J connectivity index is 1.06. The molecule has 8 nitrogen and oxygen atoms in total. The summed E-state index contributed by atoms with van der Waals surface area (Å²) >= 11 is 0. The average Bonchev–Trinajstić information content (AvgIpc) is 1.56. The van der Waals surface area contributed by atoms with Crippen LogP contribution in [0.1, 0.15) is 211 Å². The van der Waals surface area contributed by atoms with E-state index < -0.39 is 0 Å². The van der Waals surface area contributed by atoms with Gasteiger partial charge in [0.15, 0.2) is 0 Å². The highest BCUT2D eigenvalue weighted by Gasteiger charge is 2.33. The smallest absolute Gasteiger partial charge is 0.149 e. The van der Waals surface area contributed by atoms with Gasteiger partial charge in [-0.2, -0.15) is 0 Å². The van der Waals surface area contributed by atoms with E-state index in [0.29, 0.717) is 22.8 Å². The number of benzene rings is 8. The van der Waals surface area contributed by atoms with Gasteiger partial charge >= 0.3 is 0 Å². The van der Waals surface area contributed by atoms with E-state index in [-0.39, 0.29) is 54.8 Å². The average molecular weight is 1250 g/mol. The minimum atomic E-state index is -0.345. The van der Waals surface area contributed by atoms with Gasteiger partial charge in [-0.3, -0.25) is 9.13 Å². The quantitative estimate of drug-likeness (QED) is 0.157. The molecule has 0 saturated carbocycles. The summed E-state index contributed by atoms with van der Waals surface area (Å²) in [5, 5.41) is 25.3. The third-order valence-corrected chi connectivity index (χ3v) is 18.8. The van der Waals surface area contributed by atoms with E-state index in [1.165, 1.54) is 22.3 Å². The van der Waals surface area contributed by atoms with E-state index in [1.807, 2.05) is 0 Å². The molecule has 94 heavy (non-hydrogen) atoms. The van der Waals surface area contributed by atoms with Crippen molar-refractivity contribution in [3.63, 3.8) is 0 Å². The standard InChI is InChI=1S/C86H100N6O2/c1-79(2,3)55-39-56(80(4,5)6)42-61(41-55)91-71-35-27-33-63(73(71)89-77(91)65-45-59(83(13,14)15)47-67(75(65)93)85(19,20)21)51-29-25-31-53(37-51)69-49-70(88-50-87-69)54-32-26-30-52(38-54)64-34-28-36-72-74(64)90-78(66-46-60(84(16,17)18)48-68(76(66)94)86(22,23)24)92(72)62-43-57(81(7,8)9)40-58(44-62)82(10,11)12/h25-50,93-94H,1-24H3. The van der Waals surface area contributed by atoms with Crippen molar-refractivity contribution in [3.8, 4) is 90.4 Å². The van der Waals surface area contributed by atoms with Gasteiger partial charge in [-0.15, -0.1) is 0 Å². The number of para-hydroxylation sites is 2. The minimum Gasteiger partial charge on any atom is -0.507 e. The van der Waals surface area contributed by atoms with Gasteiger partial charge in [0.1, 0.15) is 29.5 Å². The molecule has 3 heterocycles. The van der Waals surface area contributed by atoms with Gasteiger partial charge in [0.2, 0.25) is 0 Å². The Labute approximate surface area is 560 Å². The first kappa shape index (κ1) is 66.8. The molecule has 0 fully saturated rings. The summed E-state index contributed by atoms with van der Waals surface area (Å²) in [4.78, 5) is 21.3. The zero-order valence-corrected chi connectivity index (χ0v) is 60.6. The normalized spacial score (nSPS) is 13.2. The second kappa shape index (κ2) is 23.1. The van der Waals surface area contributed by atoms with E-state index in [1.54, 1.807) is 6.33 Å². The van der Waals surface area contributed by atoms with Crippen LogP contribution >= 0.6 is 0 Å². The Morgan fingerprint density at radius 3 is 0.894 bits per heavy atom. The van der Waals surface area contributed by atoms with Gasteiger partial charge in [0.05, 0.1) is 44.6 Å². The van der Waals surface area contributed by atoms with E-state index in [9.17, 15) is 10.2 Å². The zero-order chi connectivity index (χ0) is 68.5. The number of phenols is 2. The maximum absolute atomic E-state index is 12.6. The van der Waals surface area contributed by atoms with Crippen LogP contribution in [-0.2, 0) is 43.3 Å². The molecule has 0 atom stereocenters. The van der Waals surface area contributed by atoms with Crippen LogP contribution in [-0.4, -0.2) is 39.3 Å². The molecule has 0 spiro atoms. The highest BCUT2D eigenvalue weighted by atomic mass is 16.3. The molecule has 0 radical (unpaired) electrons. The summed E-state index contributed by atoms with van der Waals surface area (Å²) in [6, 6.07) is 54.8. The van der Waals surface area contributed by atoms with Gasteiger partial charge in [-0.25, -0.2) is 19.9 Å². The van der Waals surface area contributed by atoms with Crippen LogP contribution in [0.3, 0.4) is 0 Å². The number of aromatic nitrogens is 6. The molecule has 0 aliphatic carbocycles. The summed E-state index contributed by atoms with van der Waals surface area (Å²) in [6.07, 6.45) is 1.66. The topological polar surface area (TPSA) is 102 Å². The van der Waals surface area contributed by atoms with Crippen molar-refractivity contribution in [3.05, 3.63) is 202 Å². The fourth-order valence-corrected chi connectivity index (χ4v) is 12.7. The molecular formula is C86H100N6O2. The Bertz CT molecular complexity index is 4400. The molecule has 11 aromatic rings. The summed E-state index contributed by atoms with van der Waals surface area (Å²) in [7, 11) is 0. The number of imidazole rings is 2. The molecule has 0 aliphatic heterocycles. The third kappa shape index (κ3) is 12.9. The molecule has 8 aromatic carbocycles. The van der Waals surface area contributed by atoms with Gasteiger partial charge in [0.25, 0.3) is 0 Å². The maximum Gasteiger partial charge on any atom is 0.149 e. The van der Waals surface area contributed by atoms with Crippen molar-refractivity contribution in [1.29, 1.82) is 0 Å². The third-order valence-electron chi connectivity index (χ3n) is 18.8. The zero-order valence-electron chi connectivity index (χ0n) is 60.6. The number of hydrogen-bond acceptors (Lipinski definition) is 6. The van der Waals surface area contributed by atoms with Gasteiger partial charge < -0.3 is 10.2 Å². The summed E-state index contributed by atoms with van der Waals surface area (Å²) in [6.45, 7) is 53.7. The molecule has 0 unspecified atom stereocenters. The number of aromatic hydroxyl groups is 2. The van der Waals surface area contributed by atoms with Crippen molar-refractivity contribution < 1.29 is 10.2 Å². The highest BCUT2D eigenvalue weighted by molar-refractivity contribution is 5.98. The van der Waals surface area contributed by atoms with Gasteiger partial charge in [-0.05, 0) is 155 Å². The Morgan fingerprint density at radius 1 is 0.287 bits per heavy atom. The summed E-state index contributed by atoms with van der Waals surface area (Å²) in [5.41, 5.74) is 21.6. The van der Waals surface area contributed by atoms with Crippen molar-refractivity contribution in [2.45, 2.75) is 209 Å². The number of phenolic OH excluding ortho intramolecular Hbond substituents is 2. The lowest BCUT2D eigenvalue weighted by atomic mass is 9.78. The molecule has 2 N–H and O–H groups in total. The molecule has 3 aromatic heterocycles. The Hall–Kier alpha value is -8.62. The Kier molecular flexibility index (Phi) is 16.4. The van der Waals surface area contributed by atoms with Crippen LogP contribution in [0.15, 0.2) is 158 Å². The molecule has 0 bridgehead atoms. The van der Waals surface area contributed by atoms with E-state index in [4.69, 9.17) is 19.9 Å². The molecule has 0 amide bonds. The number of fused-ring (bicyclic) bond motifs is 2. The summed E-state index contributed by atoms with van der Waals surface area (Å²) in [5.74, 6) is 1.87. The fraction of sp³-hybridized carbons (Fsp3) is 0.372. The second-order valence-electron chi connectivity index (χ2n) is 34.7. The fourth-order valence-electron chi connectivity index (χ4n) is 12.7. The van der Waals surface area contributed by atoms with Crippen molar-refractivity contribution in [2.24, 2.45) is 0 Å². The molecule has 0 aliphatic rings. The number of rotatable bonds is 8. The second-order valence-corrected chi connectivity index (χ2v) is 34.7. The lowest BCUT2D eigenvalue weighted by Crippen LogP contribution is -2.18. The lowest BCUT2D eigenvalue weighted by Gasteiger charge is -2.28.